The lowest BCUT2D eigenvalue weighted by atomic mass is 9.99. The van der Waals surface area contributed by atoms with Crippen LogP contribution >= 0.6 is 0 Å². The molecule has 0 aliphatic heterocycles. The fourth-order valence-electron chi connectivity index (χ4n) is 2.09. The van der Waals surface area contributed by atoms with Crippen LogP contribution in [0.15, 0.2) is 36.5 Å². The van der Waals surface area contributed by atoms with Crippen molar-refractivity contribution in [2.75, 3.05) is 5.73 Å². The summed E-state index contributed by atoms with van der Waals surface area (Å²) in [5.74, 6) is -0.631. The number of amides is 1. The number of H-pyrrole nitrogens is 1. The molecule has 3 rings (SSSR count). The minimum atomic E-state index is -0.631. The van der Waals surface area contributed by atoms with Crippen LogP contribution in [0.2, 0.25) is 0 Å². The van der Waals surface area contributed by atoms with Gasteiger partial charge in [0, 0.05) is 28.4 Å². The number of nitrogens with zero attached hydrogens (tertiary/aromatic N) is 2. The summed E-state index contributed by atoms with van der Waals surface area (Å²) in [6, 6.07) is 9.07. The van der Waals surface area contributed by atoms with Crippen LogP contribution < -0.4 is 11.5 Å². The summed E-state index contributed by atoms with van der Waals surface area (Å²) in [6.07, 6.45) is 1.73. The number of carbonyl (C=O) groups excluding carboxylic acids is 1. The van der Waals surface area contributed by atoms with Crippen LogP contribution in [0.5, 0.6) is 0 Å². The van der Waals surface area contributed by atoms with Crippen molar-refractivity contribution in [3.63, 3.8) is 0 Å². The molecule has 0 aliphatic carbocycles. The average molecular weight is 253 g/mol. The number of para-hydroxylation sites is 1. The van der Waals surface area contributed by atoms with Gasteiger partial charge in [-0.3, -0.25) is 4.79 Å². The molecular formula is C13H11N5O. The quantitative estimate of drug-likeness (QED) is 0.598. The molecule has 0 bridgehead atoms. The number of hydrogen-bond acceptors (Lipinski definition) is 4. The van der Waals surface area contributed by atoms with Gasteiger partial charge in [-0.25, -0.2) is 0 Å². The van der Waals surface area contributed by atoms with Crippen LogP contribution in [0.4, 0.5) is 5.69 Å². The molecule has 1 amide bonds. The van der Waals surface area contributed by atoms with Gasteiger partial charge in [-0.05, 0) is 12.1 Å². The highest BCUT2D eigenvalue weighted by molar-refractivity contribution is 6.07. The number of primary amides is 1. The standard InChI is InChI=1S/C13H11N5O/c14-9-4-2-1-3-7(9)10-8-5-6-16-13(8)18-17-11(10)12(15)19/h1-6H,14H2,(H2,15,19)(H,16,18). The van der Waals surface area contributed by atoms with Gasteiger partial charge in [-0.2, -0.15) is 0 Å². The number of benzene rings is 1. The Morgan fingerprint density at radius 3 is 2.68 bits per heavy atom. The van der Waals surface area contributed by atoms with Gasteiger partial charge >= 0.3 is 0 Å². The first kappa shape index (κ1) is 11.2. The van der Waals surface area contributed by atoms with Crippen molar-refractivity contribution in [2.24, 2.45) is 5.73 Å². The molecule has 2 heterocycles. The van der Waals surface area contributed by atoms with E-state index in [4.69, 9.17) is 11.5 Å². The van der Waals surface area contributed by atoms with Crippen LogP contribution in [0.25, 0.3) is 22.2 Å². The summed E-state index contributed by atoms with van der Waals surface area (Å²) >= 11 is 0. The monoisotopic (exact) mass is 253 g/mol. The smallest absolute Gasteiger partial charge is 0.269 e. The van der Waals surface area contributed by atoms with Gasteiger partial charge < -0.3 is 16.5 Å². The van der Waals surface area contributed by atoms with Crippen LogP contribution in [0.1, 0.15) is 10.5 Å². The Morgan fingerprint density at radius 2 is 1.95 bits per heavy atom. The van der Waals surface area contributed by atoms with Crippen molar-refractivity contribution < 1.29 is 4.79 Å². The molecule has 3 aromatic rings. The summed E-state index contributed by atoms with van der Waals surface area (Å²) in [4.78, 5) is 14.5. The Labute approximate surface area is 108 Å². The first-order valence-electron chi connectivity index (χ1n) is 5.67. The van der Waals surface area contributed by atoms with Crippen LogP contribution in [0.3, 0.4) is 0 Å². The maximum atomic E-state index is 11.5. The van der Waals surface area contributed by atoms with Gasteiger partial charge in [0.15, 0.2) is 11.3 Å². The second kappa shape index (κ2) is 4.09. The number of rotatable bonds is 2. The van der Waals surface area contributed by atoms with Crippen LogP contribution in [-0.2, 0) is 0 Å². The predicted octanol–water partition coefficient (Wildman–Crippen LogP) is 1.31. The number of hydrogen-bond donors (Lipinski definition) is 3. The van der Waals surface area contributed by atoms with Crippen LogP contribution in [-0.4, -0.2) is 21.1 Å². The molecule has 0 spiro atoms. The fourth-order valence-corrected chi connectivity index (χ4v) is 2.09. The number of carbonyl (C=O) groups is 1. The van der Waals surface area contributed by atoms with E-state index in [0.29, 0.717) is 16.9 Å². The van der Waals surface area contributed by atoms with Gasteiger partial charge in [0.05, 0.1) is 0 Å². The van der Waals surface area contributed by atoms with Gasteiger partial charge in [0.25, 0.3) is 5.91 Å². The second-order valence-electron chi connectivity index (χ2n) is 4.12. The van der Waals surface area contributed by atoms with E-state index in [1.165, 1.54) is 0 Å². The Morgan fingerprint density at radius 1 is 1.16 bits per heavy atom. The third-order valence-corrected chi connectivity index (χ3v) is 2.94. The molecule has 0 saturated heterocycles. The van der Waals surface area contributed by atoms with E-state index in [0.717, 1.165) is 10.9 Å². The lowest BCUT2D eigenvalue weighted by Gasteiger charge is -2.09. The molecule has 0 radical (unpaired) electrons. The third-order valence-electron chi connectivity index (χ3n) is 2.94. The number of aromatic amines is 1. The molecule has 1 aromatic carbocycles. The van der Waals surface area contributed by atoms with E-state index in [-0.39, 0.29) is 5.69 Å². The molecule has 5 N–H and O–H groups in total. The zero-order valence-electron chi connectivity index (χ0n) is 9.92. The zero-order valence-corrected chi connectivity index (χ0v) is 9.92. The summed E-state index contributed by atoms with van der Waals surface area (Å²) in [5, 5.41) is 8.58. The largest absolute Gasteiger partial charge is 0.398 e. The molecule has 0 unspecified atom stereocenters. The molecule has 0 aliphatic rings. The maximum Gasteiger partial charge on any atom is 0.269 e. The van der Waals surface area contributed by atoms with Crippen molar-refractivity contribution in [3.8, 4) is 11.1 Å². The highest BCUT2D eigenvalue weighted by Crippen LogP contribution is 2.33. The maximum absolute atomic E-state index is 11.5. The van der Waals surface area contributed by atoms with Crippen molar-refractivity contribution >= 4 is 22.6 Å². The molecule has 2 aromatic heterocycles. The average Bonchev–Trinajstić information content (AvgIpc) is 2.86. The number of aromatic nitrogens is 3. The van der Waals surface area contributed by atoms with Gasteiger partial charge in [-0.15, -0.1) is 10.2 Å². The Balaban J connectivity index is 2.43. The molecule has 0 saturated carbocycles. The topological polar surface area (TPSA) is 111 Å². The van der Waals surface area contributed by atoms with Crippen molar-refractivity contribution in [1.82, 2.24) is 15.2 Å². The van der Waals surface area contributed by atoms with E-state index in [2.05, 4.69) is 15.2 Å². The molecular weight excluding hydrogens is 242 g/mol. The second-order valence-corrected chi connectivity index (χ2v) is 4.12. The summed E-state index contributed by atoms with van der Waals surface area (Å²) < 4.78 is 0. The number of anilines is 1. The predicted molar refractivity (Wildman–Crippen MR) is 72.3 cm³/mol. The molecule has 6 nitrogen and oxygen atoms in total. The molecule has 19 heavy (non-hydrogen) atoms. The first-order valence-corrected chi connectivity index (χ1v) is 5.67. The van der Waals surface area contributed by atoms with Gasteiger partial charge in [0.2, 0.25) is 0 Å². The summed E-state index contributed by atoms with van der Waals surface area (Å²) in [6.45, 7) is 0. The van der Waals surface area contributed by atoms with Crippen molar-refractivity contribution in [1.29, 1.82) is 0 Å². The molecule has 94 valence electrons. The summed E-state index contributed by atoms with van der Waals surface area (Å²) in [7, 11) is 0. The van der Waals surface area contributed by atoms with Gasteiger partial charge in [-0.1, -0.05) is 18.2 Å². The first-order chi connectivity index (χ1) is 9.18. The normalized spacial score (nSPS) is 10.7. The van der Waals surface area contributed by atoms with Crippen molar-refractivity contribution in [3.05, 3.63) is 42.2 Å². The number of nitrogens with two attached hydrogens (primary N) is 2. The number of nitrogens with one attached hydrogen (secondary N) is 1. The van der Waals surface area contributed by atoms with E-state index in [9.17, 15) is 4.79 Å². The van der Waals surface area contributed by atoms with E-state index in [1.807, 2.05) is 24.3 Å². The van der Waals surface area contributed by atoms with E-state index in [1.54, 1.807) is 12.3 Å². The number of fused-ring (bicyclic) bond motifs is 1. The minimum absolute atomic E-state index is 0.116. The van der Waals surface area contributed by atoms with E-state index >= 15 is 0 Å². The molecule has 6 heteroatoms. The lowest BCUT2D eigenvalue weighted by molar-refractivity contribution is 0.0995. The van der Waals surface area contributed by atoms with Crippen molar-refractivity contribution in [2.45, 2.75) is 0 Å². The highest BCUT2D eigenvalue weighted by atomic mass is 16.1. The lowest BCUT2D eigenvalue weighted by Crippen LogP contribution is -2.16. The number of nitrogen functional groups attached to an aromatic ring is 1. The van der Waals surface area contributed by atoms with Crippen LogP contribution in [0, 0.1) is 0 Å². The highest BCUT2D eigenvalue weighted by Gasteiger charge is 2.18. The Bertz CT molecular complexity index is 778. The minimum Gasteiger partial charge on any atom is -0.398 e. The Kier molecular flexibility index (Phi) is 2.42. The fraction of sp³-hybridized carbons (Fsp3) is 0. The SMILES string of the molecule is NC(=O)c1nnc2[nH]ccc2c1-c1ccccc1N. The summed E-state index contributed by atoms with van der Waals surface area (Å²) in [5.41, 5.74) is 13.9. The zero-order chi connectivity index (χ0) is 13.4. The van der Waals surface area contributed by atoms with Gasteiger partial charge in [0.1, 0.15) is 0 Å². The molecule has 0 fully saturated rings. The third kappa shape index (κ3) is 1.70. The van der Waals surface area contributed by atoms with E-state index < -0.39 is 5.91 Å². The Hall–Kier alpha value is -2.89. The molecule has 0 atom stereocenters.